The van der Waals surface area contributed by atoms with Crippen molar-refractivity contribution < 1.29 is 9.53 Å². The highest BCUT2D eigenvalue weighted by Crippen LogP contribution is 2.34. The van der Waals surface area contributed by atoms with Crippen molar-refractivity contribution in [1.29, 1.82) is 0 Å². The Kier molecular flexibility index (Phi) is 4.96. The van der Waals surface area contributed by atoms with Crippen LogP contribution >= 0.6 is 15.9 Å². The maximum Gasteiger partial charge on any atom is 0.313 e. The largest absolute Gasteiger partial charge is 0.469 e. The quantitative estimate of drug-likeness (QED) is 0.770. The van der Waals surface area contributed by atoms with Crippen molar-refractivity contribution in [3.8, 4) is 0 Å². The van der Waals surface area contributed by atoms with Crippen LogP contribution in [0.5, 0.6) is 0 Å². The van der Waals surface area contributed by atoms with Crippen molar-refractivity contribution in [3.63, 3.8) is 0 Å². The van der Waals surface area contributed by atoms with E-state index >= 15 is 0 Å². The third-order valence-corrected chi connectivity index (χ3v) is 4.04. The molecule has 104 valence electrons. The van der Waals surface area contributed by atoms with Crippen molar-refractivity contribution in [2.75, 3.05) is 7.11 Å². The number of methoxy groups -OCH3 is 1. The van der Waals surface area contributed by atoms with Crippen LogP contribution in [0.2, 0.25) is 0 Å². The van der Waals surface area contributed by atoms with E-state index in [2.05, 4.69) is 22.9 Å². The number of ether oxygens (including phenoxy) is 1. The molecule has 0 aliphatic heterocycles. The van der Waals surface area contributed by atoms with E-state index in [1.54, 1.807) is 0 Å². The molecule has 0 aromatic heterocycles. The van der Waals surface area contributed by atoms with Gasteiger partial charge in [0.05, 0.1) is 13.0 Å². The summed E-state index contributed by atoms with van der Waals surface area (Å²) in [4.78, 5) is 12.2. The molecule has 0 radical (unpaired) electrons. The summed E-state index contributed by atoms with van der Waals surface area (Å²) in [5.41, 5.74) is 2.10. The van der Waals surface area contributed by atoms with Gasteiger partial charge in [-0.1, -0.05) is 65.3 Å². The summed E-state index contributed by atoms with van der Waals surface area (Å²) in [5, 5.41) is 0. The highest BCUT2D eigenvalue weighted by molar-refractivity contribution is 9.10. The van der Waals surface area contributed by atoms with E-state index in [1.807, 2.05) is 54.6 Å². The van der Waals surface area contributed by atoms with Crippen molar-refractivity contribution in [1.82, 2.24) is 0 Å². The number of benzene rings is 2. The highest BCUT2D eigenvalue weighted by atomic mass is 79.9. The second-order valence-corrected chi connectivity index (χ2v) is 5.67. The zero-order valence-corrected chi connectivity index (χ0v) is 13.1. The molecule has 2 aromatic rings. The third kappa shape index (κ3) is 3.28. The number of esters is 1. The van der Waals surface area contributed by atoms with E-state index < -0.39 is 0 Å². The molecule has 2 nitrogen and oxygen atoms in total. The van der Waals surface area contributed by atoms with Crippen molar-refractivity contribution in [2.24, 2.45) is 0 Å². The molecule has 0 amide bonds. The minimum absolute atomic E-state index is 0.0600. The predicted octanol–water partition coefficient (Wildman–Crippen LogP) is 4.51. The molecule has 2 aromatic carbocycles. The highest BCUT2D eigenvalue weighted by Gasteiger charge is 2.28. The molecular weight excluding hydrogens is 316 g/mol. The van der Waals surface area contributed by atoms with Crippen LogP contribution in [0.25, 0.3) is 0 Å². The monoisotopic (exact) mass is 332 g/mol. The summed E-state index contributed by atoms with van der Waals surface area (Å²) in [7, 11) is 1.44. The van der Waals surface area contributed by atoms with E-state index in [1.165, 1.54) is 7.11 Å². The number of carbonyl (C=O) groups is 1. The Morgan fingerprint density at radius 3 is 2.15 bits per heavy atom. The van der Waals surface area contributed by atoms with Gasteiger partial charge in [0.15, 0.2) is 0 Å². The van der Waals surface area contributed by atoms with Gasteiger partial charge in [-0.15, -0.1) is 0 Å². The second-order valence-electron chi connectivity index (χ2n) is 4.75. The minimum Gasteiger partial charge on any atom is -0.469 e. The molecule has 2 rings (SSSR count). The van der Waals surface area contributed by atoms with Crippen molar-refractivity contribution >= 4 is 21.9 Å². The standard InChI is InChI=1S/C17H17BrO2/c1-12(13-6-4-3-5-7-13)16(17(19)20-2)14-8-10-15(18)11-9-14/h3-12,16H,1-2H3/t12-,16-/m1/s1. The van der Waals surface area contributed by atoms with Gasteiger partial charge in [0, 0.05) is 4.47 Å². The van der Waals surface area contributed by atoms with E-state index in [4.69, 9.17) is 4.74 Å². The minimum atomic E-state index is -0.296. The molecule has 0 fully saturated rings. The number of halogens is 1. The van der Waals surface area contributed by atoms with Gasteiger partial charge in [-0.3, -0.25) is 4.79 Å². The average Bonchev–Trinajstić information content (AvgIpc) is 2.50. The lowest BCUT2D eigenvalue weighted by atomic mass is 9.83. The number of hydrogen-bond donors (Lipinski definition) is 0. The Morgan fingerprint density at radius 1 is 1.00 bits per heavy atom. The van der Waals surface area contributed by atoms with E-state index in [0.717, 1.165) is 15.6 Å². The van der Waals surface area contributed by atoms with Gasteiger partial charge in [-0.05, 0) is 29.2 Å². The zero-order chi connectivity index (χ0) is 14.5. The van der Waals surface area contributed by atoms with E-state index in [9.17, 15) is 4.79 Å². The normalized spacial score (nSPS) is 13.6. The van der Waals surface area contributed by atoms with Crippen LogP contribution in [0.3, 0.4) is 0 Å². The molecule has 2 atom stereocenters. The first-order valence-corrected chi connectivity index (χ1v) is 7.31. The van der Waals surface area contributed by atoms with Gasteiger partial charge in [0.25, 0.3) is 0 Å². The van der Waals surface area contributed by atoms with Gasteiger partial charge in [0.2, 0.25) is 0 Å². The molecule has 0 saturated heterocycles. The summed E-state index contributed by atoms with van der Waals surface area (Å²) >= 11 is 3.41. The first-order chi connectivity index (χ1) is 9.63. The Morgan fingerprint density at radius 2 is 1.60 bits per heavy atom. The topological polar surface area (TPSA) is 26.3 Å². The fourth-order valence-electron chi connectivity index (χ4n) is 2.38. The lowest BCUT2D eigenvalue weighted by molar-refractivity contribution is -0.142. The average molecular weight is 333 g/mol. The van der Waals surface area contributed by atoms with Crippen LogP contribution in [0.4, 0.5) is 0 Å². The van der Waals surface area contributed by atoms with Gasteiger partial charge >= 0.3 is 5.97 Å². The molecule has 0 bridgehead atoms. The Balaban J connectivity index is 2.38. The lowest BCUT2D eigenvalue weighted by Gasteiger charge is -2.22. The molecule has 20 heavy (non-hydrogen) atoms. The van der Waals surface area contributed by atoms with Crippen LogP contribution in [0.1, 0.15) is 29.9 Å². The maximum absolute atomic E-state index is 12.2. The summed E-state index contributed by atoms with van der Waals surface area (Å²) in [5.74, 6) is -0.441. The molecular formula is C17H17BrO2. The van der Waals surface area contributed by atoms with Gasteiger partial charge < -0.3 is 4.74 Å². The molecule has 0 spiro atoms. The summed E-state index contributed by atoms with van der Waals surface area (Å²) in [6.07, 6.45) is 0. The van der Waals surface area contributed by atoms with Crippen LogP contribution in [-0.4, -0.2) is 13.1 Å². The van der Waals surface area contributed by atoms with Crippen molar-refractivity contribution in [3.05, 3.63) is 70.2 Å². The van der Waals surface area contributed by atoms with Gasteiger partial charge in [0.1, 0.15) is 0 Å². The fourth-order valence-corrected chi connectivity index (χ4v) is 2.64. The third-order valence-electron chi connectivity index (χ3n) is 3.51. The summed E-state index contributed by atoms with van der Waals surface area (Å²) in [6, 6.07) is 17.9. The first kappa shape index (κ1) is 14.8. The molecule has 0 heterocycles. The number of rotatable bonds is 4. The van der Waals surface area contributed by atoms with E-state index in [-0.39, 0.29) is 17.8 Å². The van der Waals surface area contributed by atoms with Crippen LogP contribution in [0, 0.1) is 0 Å². The molecule has 0 unspecified atom stereocenters. The predicted molar refractivity (Wildman–Crippen MR) is 83.8 cm³/mol. The zero-order valence-electron chi connectivity index (χ0n) is 11.5. The summed E-state index contributed by atoms with van der Waals surface area (Å²) < 4.78 is 5.99. The second kappa shape index (κ2) is 6.71. The molecule has 0 aliphatic carbocycles. The maximum atomic E-state index is 12.2. The number of carbonyl (C=O) groups excluding carboxylic acids is 1. The summed E-state index contributed by atoms with van der Waals surface area (Å²) in [6.45, 7) is 2.05. The van der Waals surface area contributed by atoms with Crippen molar-refractivity contribution in [2.45, 2.75) is 18.8 Å². The number of hydrogen-bond acceptors (Lipinski definition) is 2. The Hall–Kier alpha value is -1.61. The van der Waals surface area contributed by atoms with Crippen LogP contribution in [0.15, 0.2) is 59.1 Å². The van der Waals surface area contributed by atoms with Gasteiger partial charge in [-0.25, -0.2) is 0 Å². The smallest absolute Gasteiger partial charge is 0.313 e. The lowest BCUT2D eigenvalue weighted by Crippen LogP contribution is -2.20. The van der Waals surface area contributed by atoms with Crippen LogP contribution in [-0.2, 0) is 9.53 Å². The van der Waals surface area contributed by atoms with Gasteiger partial charge in [-0.2, -0.15) is 0 Å². The molecule has 0 aliphatic rings. The molecule has 0 N–H and O–H groups in total. The van der Waals surface area contributed by atoms with E-state index in [0.29, 0.717) is 0 Å². The first-order valence-electron chi connectivity index (χ1n) is 6.51. The Bertz CT molecular complexity index is 563. The molecule has 0 saturated carbocycles. The Labute approximate surface area is 127 Å². The SMILES string of the molecule is COC(=O)[C@@H](c1ccc(Br)cc1)[C@H](C)c1ccccc1. The van der Waals surface area contributed by atoms with Crippen LogP contribution < -0.4 is 0 Å². The molecule has 3 heteroatoms. The fraction of sp³-hybridized carbons (Fsp3) is 0.235.